The first-order valence-corrected chi connectivity index (χ1v) is 6.26. The molecule has 0 amide bonds. The summed E-state index contributed by atoms with van der Waals surface area (Å²) < 4.78 is 0. The molecule has 0 aliphatic rings. The molecule has 2 rings (SSSR count). The van der Waals surface area contributed by atoms with Gasteiger partial charge in [0.15, 0.2) is 0 Å². The van der Waals surface area contributed by atoms with Crippen LogP contribution >= 0.6 is 0 Å². The average Bonchev–Trinajstić information content (AvgIpc) is 2.37. The monoisotopic (exact) mass is 229 g/mol. The highest BCUT2D eigenvalue weighted by molar-refractivity contribution is 5.78. The molecule has 0 radical (unpaired) electrons. The molecule has 90 valence electrons. The molecule has 0 bridgehead atoms. The molecular formula is C15H19NO. The summed E-state index contributed by atoms with van der Waals surface area (Å²) in [5.41, 5.74) is 1.73. The molecule has 0 aliphatic heterocycles. The molecule has 0 saturated heterocycles. The highest BCUT2D eigenvalue weighted by Crippen LogP contribution is 2.25. The molecule has 0 saturated carbocycles. The Kier molecular flexibility index (Phi) is 3.75. The van der Waals surface area contributed by atoms with E-state index in [0.717, 1.165) is 29.4 Å². The van der Waals surface area contributed by atoms with Gasteiger partial charge in [0.2, 0.25) is 0 Å². The fourth-order valence-corrected chi connectivity index (χ4v) is 2.15. The SMILES string of the molecule is CCCC(C)C(O)c1ccc2ccccc2n1. The van der Waals surface area contributed by atoms with E-state index in [9.17, 15) is 5.11 Å². The molecule has 1 heterocycles. The van der Waals surface area contributed by atoms with Crippen LogP contribution in [0.3, 0.4) is 0 Å². The zero-order chi connectivity index (χ0) is 12.3. The number of fused-ring (bicyclic) bond motifs is 1. The summed E-state index contributed by atoms with van der Waals surface area (Å²) in [5, 5.41) is 11.3. The van der Waals surface area contributed by atoms with Gasteiger partial charge in [0.1, 0.15) is 0 Å². The number of hydrogen-bond donors (Lipinski definition) is 1. The number of benzene rings is 1. The van der Waals surface area contributed by atoms with Gasteiger partial charge in [-0.25, -0.2) is 0 Å². The third-order valence-corrected chi connectivity index (χ3v) is 3.21. The third kappa shape index (κ3) is 2.64. The van der Waals surface area contributed by atoms with E-state index in [-0.39, 0.29) is 5.92 Å². The molecule has 1 aromatic heterocycles. The lowest BCUT2D eigenvalue weighted by molar-refractivity contribution is 0.108. The molecule has 2 nitrogen and oxygen atoms in total. The predicted molar refractivity (Wildman–Crippen MR) is 70.8 cm³/mol. The van der Waals surface area contributed by atoms with Gasteiger partial charge in [0, 0.05) is 5.39 Å². The first-order valence-electron chi connectivity index (χ1n) is 6.26. The van der Waals surface area contributed by atoms with Gasteiger partial charge in [-0.2, -0.15) is 0 Å². The van der Waals surface area contributed by atoms with Crippen LogP contribution in [0.15, 0.2) is 36.4 Å². The van der Waals surface area contributed by atoms with Gasteiger partial charge in [-0.3, -0.25) is 4.98 Å². The molecule has 2 heteroatoms. The van der Waals surface area contributed by atoms with E-state index in [1.807, 2.05) is 36.4 Å². The number of para-hydroxylation sites is 1. The largest absolute Gasteiger partial charge is 0.387 e. The topological polar surface area (TPSA) is 33.1 Å². The number of aromatic nitrogens is 1. The van der Waals surface area contributed by atoms with E-state index in [1.54, 1.807) is 0 Å². The molecule has 17 heavy (non-hydrogen) atoms. The predicted octanol–water partition coefficient (Wildman–Crippen LogP) is 3.70. The van der Waals surface area contributed by atoms with Crippen molar-refractivity contribution in [1.29, 1.82) is 0 Å². The maximum absolute atomic E-state index is 10.2. The van der Waals surface area contributed by atoms with Crippen LogP contribution in [-0.2, 0) is 0 Å². The zero-order valence-electron chi connectivity index (χ0n) is 10.4. The Hall–Kier alpha value is -1.41. The molecule has 2 atom stereocenters. The van der Waals surface area contributed by atoms with Gasteiger partial charge in [-0.05, 0) is 24.5 Å². The number of rotatable bonds is 4. The van der Waals surface area contributed by atoms with Crippen LogP contribution in [0, 0.1) is 5.92 Å². The summed E-state index contributed by atoms with van der Waals surface area (Å²) in [4.78, 5) is 4.53. The Labute approximate surface area is 102 Å². The molecule has 0 spiro atoms. The second-order valence-corrected chi connectivity index (χ2v) is 4.64. The van der Waals surface area contributed by atoms with Crippen molar-refractivity contribution in [1.82, 2.24) is 4.98 Å². The fourth-order valence-electron chi connectivity index (χ4n) is 2.15. The molecule has 2 aromatic rings. The number of nitrogens with zero attached hydrogens (tertiary/aromatic N) is 1. The Morgan fingerprint density at radius 2 is 1.94 bits per heavy atom. The number of hydrogen-bond acceptors (Lipinski definition) is 2. The first kappa shape index (κ1) is 12.1. The fraction of sp³-hybridized carbons (Fsp3) is 0.400. The van der Waals surface area contributed by atoms with Crippen LogP contribution in [0.25, 0.3) is 10.9 Å². The van der Waals surface area contributed by atoms with Crippen molar-refractivity contribution in [2.75, 3.05) is 0 Å². The van der Waals surface area contributed by atoms with Gasteiger partial charge < -0.3 is 5.11 Å². The molecule has 2 unspecified atom stereocenters. The van der Waals surface area contributed by atoms with E-state index >= 15 is 0 Å². The van der Waals surface area contributed by atoms with E-state index in [0.29, 0.717) is 0 Å². The van der Waals surface area contributed by atoms with Crippen LogP contribution in [0.4, 0.5) is 0 Å². The van der Waals surface area contributed by atoms with Crippen molar-refractivity contribution in [3.8, 4) is 0 Å². The molecule has 1 aromatic carbocycles. The summed E-state index contributed by atoms with van der Waals surface area (Å²) >= 11 is 0. The van der Waals surface area contributed by atoms with E-state index in [4.69, 9.17) is 0 Å². The standard InChI is InChI=1S/C15H19NO/c1-3-6-11(2)15(17)14-10-9-12-7-4-5-8-13(12)16-14/h4-5,7-11,15,17H,3,6H2,1-2H3. The zero-order valence-corrected chi connectivity index (χ0v) is 10.4. The van der Waals surface area contributed by atoms with Crippen molar-refractivity contribution in [2.24, 2.45) is 5.92 Å². The smallest absolute Gasteiger partial charge is 0.0985 e. The number of aliphatic hydroxyl groups excluding tert-OH is 1. The maximum Gasteiger partial charge on any atom is 0.0985 e. The molecular weight excluding hydrogens is 210 g/mol. The minimum Gasteiger partial charge on any atom is -0.387 e. The minimum absolute atomic E-state index is 0.258. The van der Waals surface area contributed by atoms with Crippen LogP contribution < -0.4 is 0 Å². The maximum atomic E-state index is 10.2. The van der Waals surface area contributed by atoms with E-state index < -0.39 is 6.10 Å². The van der Waals surface area contributed by atoms with Crippen molar-refractivity contribution >= 4 is 10.9 Å². The van der Waals surface area contributed by atoms with Crippen LogP contribution in [0.5, 0.6) is 0 Å². The first-order chi connectivity index (χ1) is 8.22. The van der Waals surface area contributed by atoms with Gasteiger partial charge >= 0.3 is 0 Å². The van der Waals surface area contributed by atoms with Crippen LogP contribution in [-0.4, -0.2) is 10.1 Å². The second kappa shape index (κ2) is 5.28. The molecule has 1 N–H and O–H groups in total. The second-order valence-electron chi connectivity index (χ2n) is 4.64. The van der Waals surface area contributed by atoms with Crippen molar-refractivity contribution < 1.29 is 5.11 Å². The van der Waals surface area contributed by atoms with Crippen molar-refractivity contribution in [3.05, 3.63) is 42.1 Å². The summed E-state index contributed by atoms with van der Waals surface area (Å²) in [6, 6.07) is 11.9. The Bertz CT molecular complexity index is 495. The van der Waals surface area contributed by atoms with Gasteiger partial charge in [-0.15, -0.1) is 0 Å². The normalized spacial score (nSPS) is 14.8. The minimum atomic E-state index is -0.459. The van der Waals surface area contributed by atoms with Crippen molar-refractivity contribution in [3.63, 3.8) is 0 Å². The Morgan fingerprint density at radius 1 is 1.18 bits per heavy atom. The molecule has 0 aliphatic carbocycles. The Morgan fingerprint density at radius 3 is 2.71 bits per heavy atom. The third-order valence-electron chi connectivity index (χ3n) is 3.21. The van der Waals surface area contributed by atoms with Crippen LogP contribution in [0.1, 0.15) is 38.5 Å². The van der Waals surface area contributed by atoms with Gasteiger partial charge in [0.25, 0.3) is 0 Å². The van der Waals surface area contributed by atoms with Gasteiger partial charge in [-0.1, -0.05) is 44.5 Å². The highest BCUT2D eigenvalue weighted by Gasteiger charge is 2.16. The summed E-state index contributed by atoms with van der Waals surface area (Å²) in [6.07, 6.45) is 1.65. The lowest BCUT2D eigenvalue weighted by atomic mass is 9.96. The summed E-state index contributed by atoms with van der Waals surface area (Å²) in [7, 11) is 0. The average molecular weight is 229 g/mol. The quantitative estimate of drug-likeness (QED) is 0.867. The van der Waals surface area contributed by atoms with Gasteiger partial charge in [0.05, 0.1) is 17.3 Å². The number of pyridine rings is 1. The lowest BCUT2D eigenvalue weighted by Gasteiger charge is -2.17. The summed E-state index contributed by atoms with van der Waals surface area (Å²) in [6.45, 7) is 4.21. The lowest BCUT2D eigenvalue weighted by Crippen LogP contribution is -2.10. The number of aliphatic hydroxyl groups is 1. The van der Waals surface area contributed by atoms with E-state index in [1.165, 1.54) is 0 Å². The highest BCUT2D eigenvalue weighted by atomic mass is 16.3. The van der Waals surface area contributed by atoms with Crippen molar-refractivity contribution in [2.45, 2.75) is 32.8 Å². The van der Waals surface area contributed by atoms with E-state index in [2.05, 4.69) is 18.8 Å². The summed E-state index contributed by atoms with van der Waals surface area (Å²) in [5.74, 6) is 0.258. The Balaban J connectivity index is 2.29. The van der Waals surface area contributed by atoms with Crippen LogP contribution in [0.2, 0.25) is 0 Å². The molecule has 0 fully saturated rings.